The molecule has 0 radical (unpaired) electrons. The average Bonchev–Trinajstić information content (AvgIpc) is 2.65. The maximum atomic E-state index is 13.0. The summed E-state index contributed by atoms with van der Waals surface area (Å²) in [6, 6.07) is 6.68. The molecule has 0 aliphatic carbocycles. The zero-order chi connectivity index (χ0) is 18.8. The molecular weight excluding hydrogens is 330 g/mol. The lowest BCUT2D eigenvalue weighted by Gasteiger charge is -2.19. The van der Waals surface area contributed by atoms with Crippen molar-refractivity contribution in [1.29, 1.82) is 5.41 Å². The highest BCUT2D eigenvalue weighted by atomic mass is 16.1. The first-order chi connectivity index (χ1) is 12.5. The number of carbonyl (C=O) groups is 1. The number of carbonyl (C=O) groups excluding carboxylic acids is 1. The van der Waals surface area contributed by atoms with Gasteiger partial charge in [0.1, 0.15) is 16.8 Å². The number of aromatic nitrogens is 3. The average molecular weight is 351 g/mol. The molecule has 0 aromatic carbocycles. The number of hydrogen-bond donors (Lipinski definition) is 2. The Labute approximate surface area is 150 Å². The van der Waals surface area contributed by atoms with Crippen molar-refractivity contribution in [2.24, 2.45) is 0 Å². The molecule has 2 N–H and O–H groups in total. The summed E-state index contributed by atoms with van der Waals surface area (Å²) in [5, 5.41) is 11.5. The van der Waals surface area contributed by atoms with Gasteiger partial charge in [-0.3, -0.25) is 19.4 Å². The van der Waals surface area contributed by atoms with E-state index in [4.69, 9.17) is 5.41 Å². The minimum absolute atomic E-state index is 0.0422. The normalized spacial score (nSPS) is 12.2. The SMILES string of the molecule is C=CCNC(=O)c1cc2c(=O)n3ccccc3nc2n([C@H](C)CC)c1=N. The van der Waals surface area contributed by atoms with E-state index in [1.54, 1.807) is 35.0 Å². The molecule has 26 heavy (non-hydrogen) atoms. The minimum atomic E-state index is -0.411. The summed E-state index contributed by atoms with van der Waals surface area (Å²) in [5.41, 5.74) is 0.849. The van der Waals surface area contributed by atoms with E-state index in [2.05, 4.69) is 16.9 Å². The molecular formula is C19H21N5O2. The number of amides is 1. The van der Waals surface area contributed by atoms with Crippen LogP contribution in [-0.2, 0) is 0 Å². The molecule has 1 atom stereocenters. The van der Waals surface area contributed by atoms with Gasteiger partial charge < -0.3 is 9.88 Å². The van der Waals surface area contributed by atoms with E-state index in [-0.39, 0.29) is 29.2 Å². The van der Waals surface area contributed by atoms with E-state index in [9.17, 15) is 9.59 Å². The molecule has 134 valence electrons. The summed E-state index contributed by atoms with van der Waals surface area (Å²) in [6.45, 7) is 7.79. The Morgan fingerprint density at radius 3 is 2.92 bits per heavy atom. The summed E-state index contributed by atoms with van der Waals surface area (Å²) in [4.78, 5) is 30.0. The highest BCUT2D eigenvalue weighted by Gasteiger charge is 2.19. The van der Waals surface area contributed by atoms with E-state index < -0.39 is 5.91 Å². The third-order valence-electron chi connectivity index (χ3n) is 4.44. The first kappa shape index (κ1) is 17.6. The van der Waals surface area contributed by atoms with Crippen LogP contribution in [0.3, 0.4) is 0 Å². The summed E-state index contributed by atoms with van der Waals surface area (Å²) < 4.78 is 3.10. The van der Waals surface area contributed by atoms with Crippen LogP contribution in [0.2, 0.25) is 0 Å². The standard InChI is InChI=1S/C19H21N5O2/c1-4-9-21-18(25)13-11-14-17(24(16(13)20)12(3)5-2)22-15-8-6-7-10-23(15)19(14)26/h4,6-8,10-12,20H,1,5,9H2,2-3H3,(H,21,25)/t12-/m1/s1. The van der Waals surface area contributed by atoms with E-state index in [1.165, 1.54) is 10.5 Å². The van der Waals surface area contributed by atoms with E-state index in [0.717, 1.165) is 6.42 Å². The fourth-order valence-corrected chi connectivity index (χ4v) is 2.89. The summed E-state index contributed by atoms with van der Waals surface area (Å²) in [5.74, 6) is -0.411. The van der Waals surface area contributed by atoms with Crippen LogP contribution in [0.5, 0.6) is 0 Å². The lowest BCUT2D eigenvalue weighted by Crippen LogP contribution is -2.36. The molecule has 3 heterocycles. The van der Waals surface area contributed by atoms with Crippen LogP contribution in [0.1, 0.15) is 36.7 Å². The zero-order valence-corrected chi connectivity index (χ0v) is 14.8. The van der Waals surface area contributed by atoms with E-state index >= 15 is 0 Å². The van der Waals surface area contributed by atoms with E-state index in [1.807, 2.05) is 13.8 Å². The highest BCUT2D eigenvalue weighted by Crippen LogP contribution is 2.16. The summed E-state index contributed by atoms with van der Waals surface area (Å²) >= 11 is 0. The lowest BCUT2D eigenvalue weighted by molar-refractivity contribution is 0.0955. The molecule has 0 saturated heterocycles. The van der Waals surface area contributed by atoms with Crippen molar-refractivity contribution >= 4 is 22.6 Å². The molecule has 7 nitrogen and oxygen atoms in total. The van der Waals surface area contributed by atoms with Crippen molar-refractivity contribution in [2.45, 2.75) is 26.3 Å². The molecule has 7 heteroatoms. The van der Waals surface area contributed by atoms with Crippen LogP contribution < -0.4 is 16.4 Å². The fraction of sp³-hybridized carbons (Fsp3) is 0.263. The Morgan fingerprint density at radius 2 is 2.23 bits per heavy atom. The lowest BCUT2D eigenvalue weighted by atomic mass is 10.1. The van der Waals surface area contributed by atoms with Gasteiger partial charge in [-0.1, -0.05) is 19.1 Å². The first-order valence-corrected chi connectivity index (χ1v) is 8.50. The van der Waals surface area contributed by atoms with Crippen molar-refractivity contribution in [3.05, 3.63) is 64.5 Å². The summed E-state index contributed by atoms with van der Waals surface area (Å²) in [6.07, 6.45) is 3.94. The van der Waals surface area contributed by atoms with Gasteiger partial charge in [0, 0.05) is 18.8 Å². The smallest absolute Gasteiger partial charge is 0.267 e. The molecule has 3 aromatic rings. The summed E-state index contributed by atoms with van der Waals surface area (Å²) in [7, 11) is 0. The van der Waals surface area contributed by atoms with Crippen molar-refractivity contribution in [2.75, 3.05) is 6.54 Å². The van der Waals surface area contributed by atoms with Crippen molar-refractivity contribution < 1.29 is 4.79 Å². The topological polar surface area (TPSA) is 92.2 Å². The fourth-order valence-electron chi connectivity index (χ4n) is 2.89. The Hall–Kier alpha value is -3.22. The van der Waals surface area contributed by atoms with Crippen LogP contribution >= 0.6 is 0 Å². The maximum absolute atomic E-state index is 13.0. The highest BCUT2D eigenvalue weighted by molar-refractivity contribution is 5.96. The second-order valence-electron chi connectivity index (χ2n) is 6.12. The maximum Gasteiger partial charge on any atom is 0.267 e. The Balaban J connectivity index is 2.43. The van der Waals surface area contributed by atoms with Crippen LogP contribution in [0.15, 0.2) is 47.9 Å². The van der Waals surface area contributed by atoms with Gasteiger partial charge in [-0.15, -0.1) is 6.58 Å². The van der Waals surface area contributed by atoms with Crippen LogP contribution in [-0.4, -0.2) is 26.4 Å². The van der Waals surface area contributed by atoms with Crippen molar-refractivity contribution in [3.8, 4) is 0 Å². The number of nitrogens with zero attached hydrogens (tertiary/aromatic N) is 3. The first-order valence-electron chi connectivity index (χ1n) is 8.50. The van der Waals surface area contributed by atoms with Gasteiger partial charge in [0.05, 0.1) is 10.9 Å². The van der Waals surface area contributed by atoms with Gasteiger partial charge in [-0.25, -0.2) is 4.98 Å². The van der Waals surface area contributed by atoms with Crippen LogP contribution in [0, 0.1) is 5.41 Å². The molecule has 0 spiro atoms. The number of rotatable bonds is 5. The second kappa shape index (κ2) is 6.95. The number of fused-ring (bicyclic) bond motifs is 2. The zero-order valence-electron chi connectivity index (χ0n) is 14.8. The molecule has 0 saturated carbocycles. The van der Waals surface area contributed by atoms with E-state index in [0.29, 0.717) is 16.7 Å². The van der Waals surface area contributed by atoms with Gasteiger partial charge >= 0.3 is 0 Å². The van der Waals surface area contributed by atoms with Gasteiger partial charge in [0.2, 0.25) is 0 Å². The van der Waals surface area contributed by atoms with Crippen LogP contribution in [0.4, 0.5) is 0 Å². The third-order valence-corrected chi connectivity index (χ3v) is 4.44. The largest absolute Gasteiger partial charge is 0.348 e. The third kappa shape index (κ3) is 2.81. The second-order valence-corrected chi connectivity index (χ2v) is 6.12. The van der Waals surface area contributed by atoms with Gasteiger partial charge in [-0.2, -0.15) is 0 Å². The molecule has 0 fully saturated rings. The molecule has 0 unspecified atom stereocenters. The molecule has 3 aromatic heterocycles. The minimum Gasteiger partial charge on any atom is -0.348 e. The van der Waals surface area contributed by atoms with Crippen LogP contribution in [0.25, 0.3) is 16.7 Å². The molecule has 0 aliphatic rings. The Morgan fingerprint density at radius 1 is 1.46 bits per heavy atom. The Kier molecular flexibility index (Phi) is 4.71. The van der Waals surface area contributed by atoms with Gasteiger partial charge in [-0.05, 0) is 31.5 Å². The molecule has 0 bridgehead atoms. The predicted molar refractivity (Wildman–Crippen MR) is 100 cm³/mol. The molecule has 1 amide bonds. The van der Waals surface area contributed by atoms with Gasteiger partial charge in [0.15, 0.2) is 0 Å². The predicted octanol–water partition coefficient (Wildman–Crippen LogP) is 2.02. The number of nitrogens with one attached hydrogen (secondary N) is 2. The number of hydrogen-bond acceptors (Lipinski definition) is 4. The molecule has 3 rings (SSSR count). The van der Waals surface area contributed by atoms with Crippen molar-refractivity contribution in [1.82, 2.24) is 19.3 Å². The Bertz CT molecular complexity index is 1130. The van der Waals surface area contributed by atoms with Gasteiger partial charge in [0.25, 0.3) is 11.5 Å². The quantitative estimate of drug-likeness (QED) is 0.544. The molecule has 0 aliphatic heterocycles. The van der Waals surface area contributed by atoms with Crippen molar-refractivity contribution in [3.63, 3.8) is 0 Å². The number of pyridine rings is 2. The monoisotopic (exact) mass is 351 g/mol.